The molecule has 0 saturated heterocycles. The van der Waals surface area contributed by atoms with Crippen LogP contribution in [0.1, 0.15) is 69.6 Å². The van der Waals surface area contributed by atoms with E-state index in [0.717, 1.165) is 17.0 Å². The highest BCUT2D eigenvalue weighted by molar-refractivity contribution is 5.77. The summed E-state index contributed by atoms with van der Waals surface area (Å²) in [6.07, 6.45) is 12.0. The van der Waals surface area contributed by atoms with E-state index in [1.165, 1.54) is 63.5 Å². The molecular weight excluding hydrogens is 260 g/mol. The Kier molecular flexibility index (Phi) is 3.58. The molecule has 2 fully saturated rings. The van der Waals surface area contributed by atoms with E-state index in [4.69, 9.17) is 4.42 Å². The van der Waals surface area contributed by atoms with Gasteiger partial charge in [0.1, 0.15) is 5.52 Å². The number of nitrogens with zero attached hydrogens (tertiary/aromatic N) is 1. The first-order valence-electron chi connectivity index (χ1n) is 8.55. The Morgan fingerprint density at radius 3 is 2.48 bits per heavy atom. The second kappa shape index (κ2) is 5.70. The summed E-state index contributed by atoms with van der Waals surface area (Å²) in [7, 11) is 0. The van der Waals surface area contributed by atoms with Crippen molar-refractivity contribution in [1.82, 2.24) is 4.98 Å². The molecule has 0 aliphatic heterocycles. The molecule has 0 spiro atoms. The normalized spacial score (nSPS) is 21.1. The van der Waals surface area contributed by atoms with Gasteiger partial charge in [-0.05, 0) is 43.9 Å². The van der Waals surface area contributed by atoms with Gasteiger partial charge in [0, 0.05) is 17.6 Å². The highest BCUT2D eigenvalue weighted by Crippen LogP contribution is 2.40. The van der Waals surface area contributed by atoms with Crippen LogP contribution in [0.4, 0.5) is 5.69 Å². The van der Waals surface area contributed by atoms with E-state index in [9.17, 15) is 0 Å². The van der Waals surface area contributed by atoms with Crippen LogP contribution in [-0.2, 0) is 0 Å². The number of hydrogen-bond acceptors (Lipinski definition) is 3. The number of rotatable bonds is 3. The third-order valence-electron chi connectivity index (χ3n) is 4.81. The molecule has 21 heavy (non-hydrogen) atoms. The lowest BCUT2D eigenvalue weighted by molar-refractivity contribution is 0.471. The van der Waals surface area contributed by atoms with Gasteiger partial charge in [0.15, 0.2) is 11.5 Å². The Morgan fingerprint density at radius 2 is 1.71 bits per heavy atom. The van der Waals surface area contributed by atoms with Gasteiger partial charge in [-0.3, -0.25) is 0 Å². The first-order valence-corrected chi connectivity index (χ1v) is 8.55. The monoisotopic (exact) mass is 284 g/mol. The van der Waals surface area contributed by atoms with Gasteiger partial charge >= 0.3 is 0 Å². The Labute approximate surface area is 126 Å². The average Bonchev–Trinajstić information content (AvgIpc) is 3.22. The van der Waals surface area contributed by atoms with Crippen LogP contribution in [0.2, 0.25) is 0 Å². The molecule has 1 N–H and O–H groups in total. The van der Waals surface area contributed by atoms with E-state index in [1.807, 2.05) is 0 Å². The van der Waals surface area contributed by atoms with Gasteiger partial charge in [0.05, 0.1) is 0 Å². The summed E-state index contributed by atoms with van der Waals surface area (Å²) in [5, 5.41) is 3.71. The second-order valence-corrected chi connectivity index (χ2v) is 6.70. The standard InChI is InChI=1S/C18H24N2O/c1-2-4-6-14(7-5-3-1)19-15-10-11-17-16(12-15)20-18(21-17)13-8-9-13/h10-14,19H,1-9H2. The molecule has 0 bridgehead atoms. The Morgan fingerprint density at radius 1 is 0.952 bits per heavy atom. The van der Waals surface area contributed by atoms with Crippen LogP contribution in [0.25, 0.3) is 11.1 Å². The molecule has 0 radical (unpaired) electrons. The minimum absolute atomic E-state index is 0.583. The van der Waals surface area contributed by atoms with Gasteiger partial charge in [0.25, 0.3) is 0 Å². The fraction of sp³-hybridized carbons (Fsp3) is 0.611. The van der Waals surface area contributed by atoms with Crippen LogP contribution in [-0.4, -0.2) is 11.0 Å². The van der Waals surface area contributed by atoms with Crippen molar-refractivity contribution < 1.29 is 4.42 Å². The van der Waals surface area contributed by atoms with Crippen LogP contribution in [0.5, 0.6) is 0 Å². The van der Waals surface area contributed by atoms with Gasteiger partial charge in [0.2, 0.25) is 0 Å². The number of aromatic nitrogens is 1. The third-order valence-corrected chi connectivity index (χ3v) is 4.81. The first kappa shape index (κ1) is 13.2. The SMILES string of the molecule is c1cc2oc(C3CC3)nc2cc1NC1CCCCCCC1. The summed E-state index contributed by atoms with van der Waals surface area (Å²) in [5.41, 5.74) is 3.14. The van der Waals surface area contributed by atoms with Crippen molar-refractivity contribution in [3.05, 3.63) is 24.1 Å². The molecule has 2 saturated carbocycles. The lowest BCUT2D eigenvalue weighted by atomic mass is 9.96. The number of nitrogens with one attached hydrogen (secondary N) is 1. The minimum atomic E-state index is 0.583. The summed E-state index contributed by atoms with van der Waals surface area (Å²) in [4.78, 5) is 4.66. The van der Waals surface area contributed by atoms with Crippen molar-refractivity contribution in [2.45, 2.75) is 69.7 Å². The molecule has 3 heteroatoms. The zero-order chi connectivity index (χ0) is 14.1. The van der Waals surface area contributed by atoms with E-state index in [0.29, 0.717) is 12.0 Å². The van der Waals surface area contributed by atoms with Crippen molar-refractivity contribution in [3.8, 4) is 0 Å². The maximum Gasteiger partial charge on any atom is 0.198 e. The largest absolute Gasteiger partial charge is 0.440 e. The van der Waals surface area contributed by atoms with Gasteiger partial charge in [-0.2, -0.15) is 0 Å². The molecule has 0 atom stereocenters. The van der Waals surface area contributed by atoms with Gasteiger partial charge in [-0.1, -0.05) is 32.1 Å². The van der Waals surface area contributed by atoms with Crippen LogP contribution >= 0.6 is 0 Å². The van der Waals surface area contributed by atoms with Gasteiger partial charge in [-0.25, -0.2) is 4.98 Å². The Bertz CT molecular complexity index is 607. The van der Waals surface area contributed by atoms with Crippen molar-refractivity contribution in [2.24, 2.45) is 0 Å². The molecule has 4 rings (SSSR count). The lowest BCUT2D eigenvalue weighted by Gasteiger charge is -2.22. The minimum Gasteiger partial charge on any atom is -0.440 e. The predicted octanol–water partition coefficient (Wildman–Crippen LogP) is 5.23. The highest BCUT2D eigenvalue weighted by Gasteiger charge is 2.28. The third kappa shape index (κ3) is 3.07. The second-order valence-electron chi connectivity index (χ2n) is 6.70. The number of benzene rings is 1. The highest BCUT2D eigenvalue weighted by atomic mass is 16.3. The van der Waals surface area contributed by atoms with Gasteiger partial charge in [-0.15, -0.1) is 0 Å². The molecule has 1 heterocycles. The number of hydrogen-bond donors (Lipinski definition) is 1. The van der Waals surface area contributed by atoms with Crippen molar-refractivity contribution >= 4 is 16.8 Å². The molecule has 3 nitrogen and oxygen atoms in total. The van der Waals surface area contributed by atoms with Gasteiger partial charge < -0.3 is 9.73 Å². The molecule has 2 aliphatic carbocycles. The van der Waals surface area contributed by atoms with Crippen LogP contribution in [0, 0.1) is 0 Å². The molecule has 2 aromatic rings. The summed E-state index contributed by atoms with van der Waals surface area (Å²) in [6, 6.07) is 6.99. The van der Waals surface area contributed by atoms with E-state index in [2.05, 4.69) is 28.5 Å². The molecule has 2 aliphatic rings. The fourth-order valence-corrected chi connectivity index (χ4v) is 3.38. The number of oxazole rings is 1. The summed E-state index contributed by atoms with van der Waals surface area (Å²) >= 11 is 0. The van der Waals surface area contributed by atoms with E-state index < -0.39 is 0 Å². The zero-order valence-electron chi connectivity index (χ0n) is 12.6. The maximum absolute atomic E-state index is 5.83. The fourth-order valence-electron chi connectivity index (χ4n) is 3.38. The van der Waals surface area contributed by atoms with Crippen LogP contribution < -0.4 is 5.32 Å². The molecule has 0 amide bonds. The smallest absolute Gasteiger partial charge is 0.198 e. The molecular formula is C18H24N2O. The maximum atomic E-state index is 5.83. The summed E-state index contributed by atoms with van der Waals surface area (Å²) < 4.78 is 5.83. The number of anilines is 1. The van der Waals surface area contributed by atoms with Crippen molar-refractivity contribution in [2.75, 3.05) is 5.32 Å². The predicted molar refractivity (Wildman–Crippen MR) is 85.7 cm³/mol. The summed E-state index contributed by atoms with van der Waals surface area (Å²) in [5.74, 6) is 1.52. The lowest BCUT2D eigenvalue weighted by Crippen LogP contribution is -2.20. The first-order chi connectivity index (χ1) is 10.4. The molecule has 112 valence electrons. The van der Waals surface area contributed by atoms with E-state index in [-0.39, 0.29) is 0 Å². The quantitative estimate of drug-likeness (QED) is 0.838. The number of fused-ring (bicyclic) bond motifs is 1. The zero-order valence-corrected chi connectivity index (χ0v) is 12.6. The average molecular weight is 284 g/mol. The Balaban J connectivity index is 1.49. The molecule has 0 unspecified atom stereocenters. The van der Waals surface area contributed by atoms with Crippen molar-refractivity contribution in [1.29, 1.82) is 0 Å². The van der Waals surface area contributed by atoms with Crippen LogP contribution in [0.15, 0.2) is 22.6 Å². The van der Waals surface area contributed by atoms with E-state index in [1.54, 1.807) is 0 Å². The van der Waals surface area contributed by atoms with E-state index >= 15 is 0 Å². The molecule has 1 aromatic carbocycles. The molecule has 1 aromatic heterocycles. The Hall–Kier alpha value is -1.51. The van der Waals surface area contributed by atoms with Crippen LogP contribution in [0.3, 0.4) is 0 Å². The topological polar surface area (TPSA) is 38.1 Å². The summed E-state index contributed by atoms with van der Waals surface area (Å²) in [6.45, 7) is 0. The van der Waals surface area contributed by atoms with Crippen molar-refractivity contribution in [3.63, 3.8) is 0 Å².